The summed E-state index contributed by atoms with van der Waals surface area (Å²) in [5.41, 5.74) is 2.52. The molecule has 2 rings (SSSR count). The predicted octanol–water partition coefficient (Wildman–Crippen LogP) is 4.19. The van der Waals surface area contributed by atoms with Gasteiger partial charge in [0.1, 0.15) is 10.4 Å². The molecule has 0 saturated heterocycles. The monoisotopic (exact) mass is 308 g/mol. The molecule has 0 saturated carbocycles. The highest BCUT2D eigenvalue weighted by molar-refractivity contribution is 9.10. The summed E-state index contributed by atoms with van der Waals surface area (Å²) in [5.74, 6) is 0.769. The molecule has 1 aromatic carbocycles. The Morgan fingerprint density at radius 3 is 2.47 bits per heavy atom. The Kier molecular flexibility index (Phi) is 3.46. The number of aryl methyl sites for hydroxylation is 2. The zero-order chi connectivity index (χ0) is 12.4. The Bertz CT molecular complexity index is 578. The molecule has 2 aromatic rings. The van der Waals surface area contributed by atoms with Gasteiger partial charge in [0.2, 0.25) is 0 Å². The van der Waals surface area contributed by atoms with Gasteiger partial charge < -0.3 is 4.74 Å². The molecule has 1 heterocycles. The Labute approximate surface area is 112 Å². The van der Waals surface area contributed by atoms with Crippen molar-refractivity contribution >= 4 is 27.3 Å². The van der Waals surface area contributed by atoms with Gasteiger partial charge in [0.15, 0.2) is 0 Å². The average Bonchev–Trinajstić information content (AvgIpc) is 2.69. The van der Waals surface area contributed by atoms with E-state index < -0.39 is 0 Å². The number of thiazole rings is 1. The SMILES string of the molecule is Cc1cc(C#N)cc(C)c1Oc1nc(Br)cs1. The van der Waals surface area contributed by atoms with Crippen LogP contribution in [-0.4, -0.2) is 4.98 Å². The first-order valence-corrected chi connectivity index (χ1v) is 6.57. The fourth-order valence-corrected chi connectivity index (χ4v) is 2.64. The number of nitrogens with zero attached hydrogens (tertiary/aromatic N) is 2. The third-order valence-corrected chi connectivity index (χ3v) is 3.66. The Morgan fingerprint density at radius 2 is 2.00 bits per heavy atom. The second-order valence-electron chi connectivity index (χ2n) is 3.59. The summed E-state index contributed by atoms with van der Waals surface area (Å²) in [6.45, 7) is 3.84. The van der Waals surface area contributed by atoms with Crippen LogP contribution in [0.15, 0.2) is 22.1 Å². The van der Waals surface area contributed by atoms with Crippen molar-refractivity contribution < 1.29 is 4.74 Å². The van der Waals surface area contributed by atoms with Crippen LogP contribution in [0.1, 0.15) is 16.7 Å². The van der Waals surface area contributed by atoms with Crippen molar-refractivity contribution in [3.63, 3.8) is 0 Å². The molecule has 0 bridgehead atoms. The summed E-state index contributed by atoms with van der Waals surface area (Å²) in [6, 6.07) is 5.75. The molecule has 0 N–H and O–H groups in total. The molecule has 3 nitrogen and oxygen atoms in total. The number of benzene rings is 1. The van der Waals surface area contributed by atoms with E-state index in [1.807, 2.05) is 31.4 Å². The quantitative estimate of drug-likeness (QED) is 0.835. The number of hydrogen-bond donors (Lipinski definition) is 0. The third kappa shape index (κ3) is 2.65. The van der Waals surface area contributed by atoms with E-state index in [0.29, 0.717) is 10.8 Å². The van der Waals surface area contributed by atoms with Crippen LogP contribution >= 0.6 is 27.3 Å². The maximum atomic E-state index is 8.86. The van der Waals surface area contributed by atoms with Crippen molar-refractivity contribution in [1.82, 2.24) is 4.98 Å². The van der Waals surface area contributed by atoms with Gasteiger partial charge in [-0.1, -0.05) is 11.3 Å². The Balaban J connectivity index is 2.37. The van der Waals surface area contributed by atoms with Crippen LogP contribution in [0, 0.1) is 25.2 Å². The molecule has 0 atom stereocenters. The summed E-state index contributed by atoms with van der Waals surface area (Å²) in [5, 5.41) is 11.3. The van der Waals surface area contributed by atoms with Crippen LogP contribution in [0.2, 0.25) is 0 Å². The van der Waals surface area contributed by atoms with Gasteiger partial charge >= 0.3 is 0 Å². The van der Waals surface area contributed by atoms with Gasteiger partial charge in [0.05, 0.1) is 11.6 Å². The third-order valence-electron chi connectivity index (χ3n) is 2.23. The molecule has 17 heavy (non-hydrogen) atoms. The van der Waals surface area contributed by atoms with E-state index in [1.165, 1.54) is 11.3 Å². The first-order chi connectivity index (χ1) is 8.10. The minimum absolute atomic E-state index is 0.591. The minimum atomic E-state index is 0.591. The highest BCUT2D eigenvalue weighted by atomic mass is 79.9. The smallest absolute Gasteiger partial charge is 0.279 e. The number of rotatable bonds is 2. The van der Waals surface area contributed by atoms with Crippen molar-refractivity contribution in [2.45, 2.75) is 13.8 Å². The molecule has 0 aliphatic carbocycles. The molecule has 0 amide bonds. The topological polar surface area (TPSA) is 45.9 Å². The lowest BCUT2D eigenvalue weighted by molar-refractivity contribution is 0.470. The van der Waals surface area contributed by atoms with Gasteiger partial charge in [-0.25, -0.2) is 0 Å². The van der Waals surface area contributed by atoms with Crippen molar-refractivity contribution in [3.8, 4) is 17.0 Å². The minimum Gasteiger partial charge on any atom is -0.430 e. The maximum absolute atomic E-state index is 8.86. The number of nitriles is 1. The van der Waals surface area contributed by atoms with Crippen molar-refractivity contribution in [2.24, 2.45) is 0 Å². The Hall–Kier alpha value is -1.38. The molecule has 0 spiro atoms. The highest BCUT2D eigenvalue weighted by Crippen LogP contribution is 2.32. The van der Waals surface area contributed by atoms with Gasteiger partial charge in [-0.15, -0.1) is 0 Å². The lowest BCUT2D eigenvalue weighted by Gasteiger charge is -2.09. The van der Waals surface area contributed by atoms with Crippen molar-refractivity contribution in [1.29, 1.82) is 5.26 Å². The van der Waals surface area contributed by atoms with Crippen LogP contribution in [0.4, 0.5) is 0 Å². The fraction of sp³-hybridized carbons (Fsp3) is 0.167. The van der Waals surface area contributed by atoms with E-state index in [-0.39, 0.29) is 0 Å². The standard InChI is InChI=1S/C12H9BrN2OS/c1-7-3-9(5-14)4-8(2)11(7)16-12-15-10(13)6-17-12/h3-4,6H,1-2H3. The van der Waals surface area contributed by atoms with Gasteiger partial charge in [-0.2, -0.15) is 10.2 Å². The van der Waals surface area contributed by atoms with Crippen LogP contribution in [0.5, 0.6) is 10.9 Å². The van der Waals surface area contributed by atoms with Gasteiger partial charge in [0, 0.05) is 5.38 Å². The van der Waals surface area contributed by atoms with Gasteiger partial charge in [-0.3, -0.25) is 0 Å². The summed E-state index contributed by atoms with van der Waals surface area (Å²) < 4.78 is 6.49. The molecular formula is C12H9BrN2OS. The average molecular weight is 309 g/mol. The molecule has 1 aromatic heterocycles. The van der Waals surface area contributed by atoms with Crippen LogP contribution in [-0.2, 0) is 0 Å². The number of ether oxygens (including phenoxy) is 1. The largest absolute Gasteiger partial charge is 0.430 e. The van der Waals surface area contributed by atoms with Crippen LogP contribution in [0.25, 0.3) is 0 Å². The van der Waals surface area contributed by atoms with Gasteiger partial charge in [-0.05, 0) is 53.0 Å². The van der Waals surface area contributed by atoms with Crippen LogP contribution < -0.4 is 4.74 Å². The molecule has 0 radical (unpaired) electrons. The van der Waals surface area contributed by atoms with Crippen LogP contribution in [0.3, 0.4) is 0 Å². The normalized spacial score (nSPS) is 10.0. The summed E-state index contributed by atoms with van der Waals surface area (Å²) in [7, 11) is 0. The van der Waals surface area contributed by atoms with E-state index in [0.717, 1.165) is 21.5 Å². The summed E-state index contributed by atoms with van der Waals surface area (Å²) >= 11 is 4.71. The van der Waals surface area contributed by atoms with E-state index in [9.17, 15) is 0 Å². The number of hydrogen-bond acceptors (Lipinski definition) is 4. The highest BCUT2D eigenvalue weighted by Gasteiger charge is 2.09. The first-order valence-electron chi connectivity index (χ1n) is 4.90. The lowest BCUT2D eigenvalue weighted by Crippen LogP contribution is -1.92. The second-order valence-corrected chi connectivity index (χ2v) is 5.22. The number of aromatic nitrogens is 1. The van der Waals surface area contributed by atoms with E-state index in [2.05, 4.69) is 27.0 Å². The molecule has 5 heteroatoms. The second kappa shape index (κ2) is 4.86. The van der Waals surface area contributed by atoms with Gasteiger partial charge in [0.25, 0.3) is 5.19 Å². The van der Waals surface area contributed by atoms with E-state index in [4.69, 9.17) is 10.00 Å². The first kappa shape index (κ1) is 12.1. The maximum Gasteiger partial charge on any atom is 0.279 e. The van der Waals surface area contributed by atoms with E-state index in [1.54, 1.807) is 0 Å². The number of halogens is 1. The van der Waals surface area contributed by atoms with Crippen molar-refractivity contribution in [3.05, 3.63) is 38.8 Å². The zero-order valence-electron chi connectivity index (χ0n) is 9.32. The molecule has 0 aliphatic heterocycles. The molecular weight excluding hydrogens is 300 g/mol. The summed E-state index contributed by atoms with van der Waals surface area (Å²) in [4.78, 5) is 4.18. The van der Waals surface area contributed by atoms with Crippen molar-refractivity contribution in [2.75, 3.05) is 0 Å². The summed E-state index contributed by atoms with van der Waals surface area (Å²) in [6.07, 6.45) is 0. The zero-order valence-corrected chi connectivity index (χ0v) is 11.7. The molecule has 0 unspecified atom stereocenters. The lowest BCUT2D eigenvalue weighted by atomic mass is 10.1. The molecule has 0 fully saturated rings. The van der Waals surface area contributed by atoms with E-state index >= 15 is 0 Å². The Morgan fingerprint density at radius 1 is 1.35 bits per heavy atom. The molecule has 0 aliphatic rings. The predicted molar refractivity (Wildman–Crippen MR) is 70.5 cm³/mol. The fourth-order valence-electron chi connectivity index (χ4n) is 1.55. The molecule has 86 valence electrons.